The van der Waals surface area contributed by atoms with E-state index in [0.29, 0.717) is 15.2 Å². The van der Waals surface area contributed by atoms with Crippen molar-refractivity contribution in [1.82, 2.24) is 0 Å². The monoisotopic (exact) mass is 334 g/mol. The van der Waals surface area contributed by atoms with Gasteiger partial charge in [-0.15, -0.1) is 0 Å². The lowest BCUT2D eigenvalue weighted by Gasteiger charge is -2.15. The van der Waals surface area contributed by atoms with Crippen molar-refractivity contribution in [3.05, 3.63) is 89.5 Å². The van der Waals surface area contributed by atoms with Gasteiger partial charge in [-0.05, 0) is 23.4 Å². The molecule has 1 unspecified atom stereocenters. The number of para-hydroxylation sites is 1. The number of hydrogen-bond donors (Lipinski definition) is 0. The van der Waals surface area contributed by atoms with Crippen LogP contribution >= 0.6 is 8.58 Å². The maximum atomic E-state index is 11.3. The highest BCUT2D eigenvalue weighted by Gasteiger charge is 2.10. The van der Waals surface area contributed by atoms with E-state index in [1.165, 1.54) is 0 Å². The number of carbonyl (C=O) groups excluding carboxylic acids is 1. The Morgan fingerprint density at radius 2 is 1.58 bits per heavy atom. The molecule has 3 heteroatoms. The molecule has 1 atom stereocenters. The predicted octanol–water partition coefficient (Wildman–Crippen LogP) is 4.02. The van der Waals surface area contributed by atoms with E-state index < -0.39 is 0 Å². The molecule has 0 aliphatic carbocycles. The summed E-state index contributed by atoms with van der Waals surface area (Å²) in [6.07, 6.45) is 0.919. The summed E-state index contributed by atoms with van der Waals surface area (Å²) in [5.74, 6) is 0.917. The first kappa shape index (κ1) is 16.4. The van der Waals surface area contributed by atoms with Crippen LogP contribution in [0.25, 0.3) is 0 Å². The molecular weight excluding hydrogens is 315 g/mol. The molecule has 24 heavy (non-hydrogen) atoms. The summed E-state index contributed by atoms with van der Waals surface area (Å²) in [5, 5.41) is 2.17. The van der Waals surface area contributed by atoms with Crippen LogP contribution < -0.4 is 15.3 Å². The molecule has 3 aromatic carbocycles. The summed E-state index contributed by atoms with van der Waals surface area (Å²) in [6.45, 7) is 2.60. The molecule has 120 valence electrons. The van der Waals surface area contributed by atoms with Crippen molar-refractivity contribution >= 4 is 25.5 Å². The van der Waals surface area contributed by atoms with E-state index in [9.17, 15) is 4.79 Å². The van der Waals surface area contributed by atoms with Crippen molar-refractivity contribution in [3.8, 4) is 5.75 Å². The largest absolute Gasteiger partial charge is 0.488 e. The molecule has 0 aromatic heterocycles. The molecule has 3 rings (SSSR count). The average molecular weight is 334 g/mol. The number of rotatable bonds is 6. The van der Waals surface area contributed by atoms with Crippen LogP contribution in [0.15, 0.2) is 72.8 Å². The standard InChI is InChI=1S/C21H19O2P/c1-16-8-7-13-20(24-19-12-6-5-11-18(19)14-22)21(16)23-15-17-9-3-2-4-10-17/h2-14,24H,15H2,1H3. The van der Waals surface area contributed by atoms with E-state index >= 15 is 0 Å². The molecule has 0 radical (unpaired) electrons. The number of benzene rings is 3. The third-order valence-corrected chi connectivity index (χ3v) is 5.18. The lowest BCUT2D eigenvalue weighted by Crippen LogP contribution is -2.12. The zero-order valence-electron chi connectivity index (χ0n) is 13.5. The number of aryl methyl sites for hydroxylation is 1. The van der Waals surface area contributed by atoms with Crippen LogP contribution in [0.3, 0.4) is 0 Å². The third-order valence-electron chi connectivity index (χ3n) is 3.79. The Morgan fingerprint density at radius 3 is 2.38 bits per heavy atom. The van der Waals surface area contributed by atoms with E-state index in [1.807, 2.05) is 48.5 Å². The minimum absolute atomic E-state index is 0.389. The molecule has 3 aromatic rings. The van der Waals surface area contributed by atoms with Gasteiger partial charge in [0, 0.05) is 10.9 Å². The summed E-state index contributed by atoms with van der Waals surface area (Å²) in [4.78, 5) is 11.3. The lowest BCUT2D eigenvalue weighted by molar-refractivity contribution is 0.112. The molecule has 0 fully saturated rings. The van der Waals surface area contributed by atoms with E-state index in [-0.39, 0.29) is 0 Å². The quantitative estimate of drug-likeness (QED) is 0.503. The second kappa shape index (κ2) is 7.90. The Labute approximate surface area is 144 Å². The Morgan fingerprint density at radius 1 is 0.875 bits per heavy atom. The zero-order chi connectivity index (χ0) is 16.8. The molecule has 0 spiro atoms. The molecular formula is C21H19O2P. The van der Waals surface area contributed by atoms with Crippen LogP contribution in [-0.4, -0.2) is 6.29 Å². The van der Waals surface area contributed by atoms with Crippen LogP contribution in [0.4, 0.5) is 0 Å². The summed E-state index contributed by atoms with van der Waals surface area (Å²) in [5.41, 5.74) is 2.99. The van der Waals surface area contributed by atoms with Gasteiger partial charge in [-0.2, -0.15) is 0 Å². The highest BCUT2D eigenvalue weighted by molar-refractivity contribution is 7.56. The fourth-order valence-electron chi connectivity index (χ4n) is 2.53. The van der Waals surface area contributed by atoms with Crippen LogP contribution in [-0.2, 0) is 6.61 Å². The Bertz CT molecular complexity index is 828. The van der Waals surface area contributed by atoms with Crippen molar-refractivity contribution in [2.75, 3.05) is 0 Å². The summed E-state index contributed by atoms with van der Waals surface area (Å²) < 4.78 is 6.12. The van der Waals surface area contributed by atoms with Gasteiger partial charge < -0.3 is 4.74 Å². The molecule has 0 saturated heterocycles. The summed E-state index contributed by atoms with van der Waals surface area (Å²) >= 11 is 0. The van der Waals surface area contributed by atoms with Crippen molar-refractivity contribution in [3.63, 3.8) is 0 Å². The van der Waals surface area contributed by atoms with Gasteiger partial charge in [0.15, 0.2) is 6.29 Å². The van der Waals surface area contributed by atoms with Crippen molar-refractivity contribution < 1.29 is 9.53 Å². The molecule has 0 bridgehead atoms. The molecule has 0 aliphatic rings. The van der Waals surface area contributed by atoms with Gasteiger partial charge in [0.2, 0.25) is 0 Å². The van der Waals surface area contributed by atoms with Gasteiger partial charge in [-0.1, -0.05) is 81.4 Å². The molecule has 0 heterocycles. The lowest BCUT2D eigenvalue weighted by atomic mass is 10.2. The fraction of sp³-hybridized carbons (Fsp3) is 0.0952. The number of aldehydes is 1. The second-order valence-corrected chi connectivity index (χ2v) is 6.88. The van der Waals surface area contributed by atoms with Crippen LogP contribution in [0.2, 0.25) is 0 Å². The van der Waals surface area contributed by atoms with E-state index in [4.69, 9.17) is 4.74 Å². The normalized spacial score (nSPS) is 10.9. The average Bonchev–Trinajstić information content (AvgIpc) is 2.62. The number of hydrogen-bond acceptors (Lipinski definition) is 2. The SMILES string of the molecule is Cc1cccc(Pc2ccccc2C=O)c1OCc1ccccc1. The Kier molecular flexibility index (Phi) is 5.40. The molecule has 2 nitrogen and oxygen atoms in total. The van der Waals surface area contributed by atoms with Crippen LogP contribution in [0.1, 0.15) is 21.5 Å². The highest BCUT2D eigenvalue weighted by atomic mass is 31.1. The smallest absolute Gasteiger partial charge is 0.150 e. The van der Waals surface area contributed by atoms with Gasteiger partial charge in [0.1, 0.15) is 12.4 Å². The second-order valence-electron chi connectivity index (χ2n) is 5.56. The van der Waals surface area contributed by atoms with E-state index in [1.54, 1.807) is 0 Å². The van der Waals surface area contributed by atoms with Crippen molar-refractivity contribution in [2.24, 2.45) is 0 Å². The van der Waals surface area contributed by atoms with Gasteiger partial charge in [0.25, 0.3) is 0 Å². The highest BCUT2D eigenvalue weighted by Crippen LogP contribution is 2.24. The minimum Gasteiger partial charge on any atom is -0.488 e. The third kappa shape index (κ3) is 3.90. The van der Waals surface area contributed by atoms with E-state index in [2.05, 4.69) is 31.2 Å². The van der Waals surface area contributed by atoms with Gasteiger partial charge in [-0.3, -0.25) is 4.79 Å². The van der Waals surface area contributed by atoms with Crippen LogP contribution in [0, 0.1) is 6.92 Å². The number of ether oxygens (including phenoxy) is 1. The maximum absolute atomic E-state index is 11.3. The van der Waals surface area contributed by atoms with Crippen LogP contribution in [0.5, 0.6) is 5.75 Å². The predicted molar refractivity (Wildman–Crippen MR) is 101 cm³/mol. The molecule has 0 amide bonds. The molecule has 0 aliphatic heterocycles. The van der Waals surface area contributed by atoms with Gasteiger partial charge in [0.05, 0.1) is 0 Å². The first-order chi connectivity index (χ1) is 11.8. The fourth-order valence-corrected chi connectivity index (χ4v) is 3.85. The van der Waals surface area contributed by atoms with E-state index in [0.717, 1.165) is 39.3 Å². The maximum Gasteiger partial charge on any atom is 0.150 e. The first-order valence-electron chi connectivity index (χ1n) is 7.85. The topological polar surface area (TPSA) is 26.3 Å². The summed E-state index contributed by atoms with van der Waals surface area (Å²) in [7, 11) is 0.389. The van der Waals surface area contributed by atoms with Gasteiger partial charge in [-0.25, -0.2) is 0 Å². The molecule has 0 N–H and O–H groups in total. The molecule has 0 saturated carbocycles. The van der Waals surface area contributed by atoms with Gasteiger partial charge >= 0.3 is 0 Å². The summed E-state index contributed by atoms with van der Waals surface area (Å²) in [6, 6.07) is 24.0. The first-order valence-corrected chi connectivity index (χ1v) is 8.85. The Hall–Kier alpha value is -2.44. The minimum atomic E-state index is 0.389. The van der Waals surface area contributed by atoms with Crippen molar-refractivity contribution in [1.29, 1.82) is 0 Å². The number of carbonyl (C=O) groups is 1. The Balaban J connectivity index is 1.86. The zero-order valence-corrected chi connectivity index (χ0v) is 14.5. The van der Waals surface area contributed by atoms with Crippen molar-refractivity contribution in [2.45, 2.75) is 13.5 Å².